The number of ether oxygens (including phenoxy) is 1. The molecule has 5 nitrogen and oxygen atoms in total. The van der Waals surface area contributed by atoms with E-state index in [2.05, 4.69) is 36.6 Å². The van der Waals surface area contributed by atoms with Gasteiger partial charge in [-0.2, -0.15) is 0 Å². The molecule has 0 radical (unpaired) electrons. The summed E-state index contributed by atoms with van der Waals surface area (Å²) < 4.78 is 7.42. The maximum absolute atomic E-state index is 13.2. The molecule has 1 aliphatic heterocycles. The summed E-state index contributed by atoms with van der Waals surface area (Å²) in [6, 6.07) is 22.1. The number of para-hydroxylation sites is 2. The molecule has 1 fully saturated rings. The molecule has 1 aromatic heterocycles. The molecule has 1 saturated heterocycles. The van der Waals surface area contributed by atoms with Gasteiger partial charge in [-0.3, -0.25) is 9.69 Å². The Bertz CT molecular complexity index is 1130. The highest BCUT2D eigenvalue weighted by molar-refractivity contribution is 8.18. The average molecular weight is 432 g/mol. The minimum atomic E-state index is -0.0405. The Morgan fingerprint density at radius 1 is 1.03 bits per heavy atom. The number of amidine groups is 1. The maximum atomic E-state index is 13.2. The third-order valence-electron chi connectivity index (χ3n) is 5.16. The van der Waals surface area contributed by atoms with Crippen LogP contribution >= 0.6 is 11.8 Å². The largest absolute Gasteiger partial charge is 0.383 e. The molecule has 4 rings (SSSR count). The van der Waals surface area contributed by atoms with E-state index in [0.29, 0.717) is 23.2 Å². The van der Waals surface area contributed by atoms with Gasteiger partial charge in [0.25, 0.3) is 5.91 Å². The second-order valence-corrected chi connectivity index (χ2v) is 8.30. The predicted octanol–water partition coefficient (Wildman–Crippen LogP) is 5.34. The first-order valence-electron chi connectivity index (χ1n) is 10.2. The molecule has 2 aromatic carbocycles. The number of carbonyl (C=O) groups excluding carboxylic acids is 1. The van der Waals surface area contributed by atoms with Crippen LogP contribution in [0.5, 0.6) is 0 Å². The number of hydrogen-bond acceptors (Lipinski definition) is 4. The number of nitrogens with zero attached hydrogens (tertiary/aromatic N) is 3. The van der Waals surface area contributed by atoms with Gasteiger partial charge in [0.05, 0.1) is 23.7 Å². The monoisotopic (exact) mass is 431 g/mol. The van der Waals surface area contributed by atoms with Crippen molar-refractivity contribution in [2.24, 2.45) is 4.99 Å². The molecule has 1 aliphatic rings. The Morgan fingerprint density at radius 3 is 2.39 bits per heavy atom. The maximum Gasteiger partial charge on any atom is 0.266 e. The van der Waals surface area contributed by atoms with Gasteiger partial charge < -0.3 is 9.30 Å². The standard InChI is InChI=1S/C25H25N3O2S/c1-18-16-20(19(2)28(18)22-12-8-5-9-13-22)17-23-24(29)27(14-15-30-3)25(31-23)26-21-10-6-4-7-11-21/h4-13,16-17H,14-15H2,1-3H3/b23-17+,26-25?. The van der Waals surface area contributed by atoms with Crippen molar-refractivity contribution in [1.29, 1.82) is 0 Å². The molecule has 0 atom stereocenters. The first-order chi connectivity index (χ1) is 15.1. The van der Waals surface area contributed by atoms with Crippen molar-refractivity contribution in [2.45, 2.75) is 13.8 Å². The summed E-state index contributed by atoms with van der Waals surface area (Å²) in [5, 5.41) is 0.677. The number of benzene rings is 2. The Hall–Kier alpha value is -3.09. The third kappa shape index (κ3) is 4.50. The highest BCUT2D eigenvalue weighted by Crippen LogP contribution is 2.35. The number of aryl methyl sites for hydroxylation is 1. The normalized spacial score (nSPS) is 16.6. The highest BCUT2D eigenvalue weighted by atomic mass is 32.2. The summed E-state index contributed by atoms with van der Waals surface area (Å²) in [5.41, 5.74) is 5.19. The van der Waals surface area contributed by atoms with E-state index in [-0.39, 0.29) is 5.91 Å². The molecule has 0 N–H and O–H groups in total. The Morgan fingerprint density at radius 2 is 1.71 bits per heavy atom. The lowest BCUT2D eigenvalue weighted by molar-refractivity contribution is -0.122. The highest BCUT2D eigenvalue weighted by Gasteiger charge is 2.33. The number of amides is 1. The summed E-state index contributed by atoms with van der Waals surface area (Å²) in [5.74, 6) is -0.0405. The van der Waals surface area contributed by atoms with Crippen LogP contribution in [0.1, 0.15) is 17.0 Å². The second kappa shape index (κ2) is 9.37. The fourth-order valence-corrected chi connectivity index (χ4v) is 4.65. The smallest absolute Gasteiger partial charge is 0.266 e. The van der Waals surface area contributed by atoms with Crippen LogP contribution in [-0.4, -0.2) is 40.8 Å². The van der Waals surface area contributed by atoms with Crippen LogP contribution in [0, 0.1) is 13.8 Å². The summed E-state index contributed by atoms with van der Waals surface area (Å²) in [7, 11) is 1.64. The number of thioether (sulfide) groups is 1. The Balaban J connectivity index is 1.70. The minimum absolute atomic E-state index is 0.0405. The fraction of sp³-hybridized carbons (Fsp3) is 0.200. The molecule has 6 heteroatoms. The van der Waals surface area contributed by atoms with Crippen LogP contribution in [0.25, 0.3) is 11.8 Å². The first-order valence-corrected chi connectivity index (χ1v) is 11.0. The van der Waals surface area contributed by atoms with Crippen molar-refractivity contribution in [3.63, 3.8) is 0 Å². The summed E-state index contributed by atoms with van der Waals surface area (Å²) in [4.78, 5) is 20.3. The fourth-order valence-electron chi connectivity index (χ4n) is 3.63. The number of aliphatic imine (C=N–C) groups is 1. The number of aromatic nitrogens is 1. The minimum Gasteiger partial charge on any atom is -0.383 e. The van der Waals surface area contributed by atoms with Crippen molar-refractivity contribution >= 4 is 34.6 Å². The van der Waals surface area contributed by atoms with E-state index in [9.17, 15) is 4.79 Å². The van der Waals surface area contributed by atoms with E-state index in [0.717, 1.165) is 28.3 Å². The van der Waals surface area contributed by atoms with Gasteiger partial charge in [0.1, 0.15) is 0 Å². The summed E-state index contributed by atoms with van der Waals surface area (Å²) in [6.07, 6.45) is 1.97. The van der Waals surface area contributed by atoms with Gasteiger partial charge in [0.15, 0.2) is 5.17 Å². The molecule has 0 aliphatic carbocycles. The summed E-state index contributed by atoms with van der Waals surface area (Å²) >= 11 is 1.41. The Labute approximate surface area is 187 Å². The van der Waals surface area contributed by atoms with E-state index in [4.69, 9.17) is 9.73 Å². The van der Waals surface area contributed by atoms with Crippen molar-refractivity contribution in [3.05, 3.63) is 88.6 Å². The van der Waals surface area contributed by atoms with Crippen molar-refractivity contribution in [2.75, 3.05) is 20.3 Å². The van der Waals surface area contributed by atoms with Crippen molar-refractivity contribution in [1.82, 2.24) is 9.47 Å². The lowest BCUT2D eigenvalue weighted by atomic mass is 10.2. The zero-order valence-electron chi connectivity index (χ0n) is 17.9. The number of rotatable bonds is 6. The van der Waals surface area contributed by atoms with E-state index >= 15 is 0 Å². The van der Waals surface area contributed by atoms with Gasteiger partial charge in [-0.1, -0.05) is 36.4 Å². The van der Waals surface area contributed by atoms with Gasteiger partial charge in [0, 0.05) is 24.2 Å². The van der Waals surface area contributed by atoms with E-state index in [1.807, 2.05) is 54.6 Å². The van der Waals surface area contributed by atoms with E-state index in [1.165, 1.54) is 11.8 Å². The first kappa shape index (κ1) is 21.2. The van der Waals surface area contributed by atoms with E-state index in [1.54, 1.807) is 12.0 Å². The molecule has 0 unspecified atom stereocenters. The molecule has 0 bridgehead atoms. The van der Waals surface area contributed by atoms with Crippen molar-refractivity contribution < 1.29 is 9.53 Å². The van der Waals surface area contributed by atoms with Gasteiger partial charge in [0.2, 0.25) is 0 Å². The van der Waals surface area contributed by atoms with Crippen molar-refractivity contribution in [3.8, 4) is 5.69 Å². The number of methoxy groups -OCH3 is 1. The Kier molecular flexibility index (Phi) is 6.39. The van der Waals surface area contributed by atoms with Crippen LogP contribution in [-0.2, 0) is 9.53 Å². The SMILES string of the molecule is COCCN1C(=O)/C(=C\c2cc(C)n(-c3ccccc3)c2C)SC1=Nc1ccccc1. The molecular weight excluding hydrogens is 406 g/mol. The molecule has 2 heterocycles. The van der Waals surface area contributed by atoms with Crippen LogP contribution in [0.15, 0.2) is 76.6 Å². The predicted molar refractivity (Wildman–Crippen MR) is 128 cm³/mol. The van der Waals surface area contributed by atoms with Gasteiger partial charge in [-0.05, 0) is 67.6 Å². The number of hydrogen-bond donors (Lipinski definition) is 0. The lowest BCUT2D eigenvalue weighted by Gasteiger charge is -2.14. The average Bonchev–Trinajstić information content (AvgIpc) is 3.23. The molecule has 3 aromatic rings. The quantitative estimate of drug-likeness (QED) is 0.495. The lowest BCUT2D eigenvalue weighted by Crippen LogP contribution is -2.32. The molecule has 31 heavy (non-hydrogen) atoms. The zero-order chi connectivity index (χ0) is 21.8. The summed E-state index contributed by atoms with van der Waals surface area (Å²) in [6.45, 7) is 5.08. The van der Waals surface area contributed by atoms with Crippen LogP contribution in [0.3, 0.4) is 0 Å². The van der Waals surface area contributed by atoms with Crippen LogP contribution in [0.4, 0.5) is 5.69 Å². The molecule has 0 spiro atoms. The second-order valence-electron chi connectivity index (χ2n) is 7.29. The third-order valence-corrected chi connectivity index (χ3v) is 6.17. The topological polar surface area (TPSA) is 46.8 Å². The molecule has 0 saturated carbocycles. The van der Waals surface area contributed by atoms with Crippen LogP contribution < -0.4 is 0 Å². The number of carbonyl (C=O) groups is 1. The van der Waals surface area contributed by atoms with Crippen LogP contribution in [0.2, 0.25) is 0 Å². The van der Waals surface area contributed by atoms with E-state index < -0.39 is 0 Å². The molecule has 1 amide bonds. The zero-order valence-corrected chi connectivity index (χ0v) is 18.7. The van der Waals surface area contributed by atoms with Gasteiger partial charge in [-0.25, -0.2) is 4.99 Å². The molecular formula is C25H25N3O2S. The van der Waals surface area contributed by atoms with Gasteiger partial charge >= 0.3 is 0 Å². The van der Waals surface area contributed by atoms with Gasteiger partial charge in [-0.15, -0.1) is 0 Å². The molecule has 158 valence electrons.